The second-order valence-electron chi connectivity index (χ2n) is 3.85. The van der Waals surface area contributed by atoms with Gasteiger partial charge in [0.2, 0.25) is 0 Å². The number of hydrogen-bond acceptors (Lipinski definition) is 5. The zero-order chi connectivity index (χ0) is 14.8. The molecule has 0 fully saturated rings. The van der Waals surface area contributed by atoms with Gasteiger partial charge in [-0.3, -0.25) is 10.1 Å². The molecule has 0 amide bonds. The number of nitrogen functional groups attached to an aromatic ring is 1. The average Bonchev–Trinajstić information content (AvgIpc) is 2.93. The molecule has 8 nitrogen and oxygen atoms in total. The van der Waals surface area contributed by atoms with E-state index in [1.165, 1.54) is 37.8 Å². The van der Waals surface area contributed by atoms with E-state index >= 15 is 0 Å². The number of nitrogens with two attached hydrogens (primary N) is 1. The van der Waals surface area contributed by atoms with Gasteiger partial charge in [-0.25, -0.2) is 4.98 Å². The normalized spacial score (nSPS) is 11.1. The highest BCUT2D eigenvalue weighted by atomic mass is 32.2. The Morgan fingerprint density at radius 1 is 1.50 bits per heavy atom. The summed E-state index contributed by atoms with van der Waals surface area (Å²) in [6, 6.07) is 4.48. The van der Waals surface area contributed by atoms with E-state index in [0.29, 0.717) is 5.56 Å². The zero-order valence-electron chi connectivity index (χ0n) is 10.5. The van der Waals surface area contributed by atoms with Gasteiger partial charge in [0.25, 0.3) is 10.0 Å². The number of sulfonamides is 1. The fourth-order valence-electron chi connectivity index (χ4n) is 1.53. The Morgan fingerprint density at radius 3 is 2.80 bits per heavy atom. The number of anilines is 1. The minimum Gasteiger partial charge on any atom is -0.495 e. The molecule has 0 bridgehead atoms. The van der Waals surface area contributed by atoms with Crippen molar-refractivity contribution in [3.63, 3.8) is 0 Å². The summed E-state index contributed by atoms with van der Waals surface area (Å²) in [5.41, 5.74) is 6.05. The second kappa shape index (κ2) is 5.21. The van der Waals surface area contributed by atoms with Crippen molar-refractivity contribution in [1.29, 1.82) is 5.41 Å². The molecule has 0 unspecified atom stereocenters. The molecular formula is C11H13N5O3S. The third-order valence-corrected chi connectivity index (χ3v) is 3.81. The van der Waals surface area contributed by atoms with E-state index in [9.17, 15) is 8.42 Å². The second-order valence-corrected chi connectivity index (χ2v) is 5.50. The van der Waals surface area contributed by atoms with Crippen molar-refractivity contribution >= 4 is 21.5 Å². The maximum atomic E-state index is 12.0. The maximum Gasteiger partial charge on any atom is 0.279 e. The van der Waals surface area contributed by atoms with Crippen LogP contribution in [0.5, 0.6) is 5.75 Å². The van der Waals surface area contributed by atoms with Gasteiger partial charge in [-0.15, -0.1) is 0 Å². The minimum atomic E-state index is -3.77. The number of nitrogens with zero attached hydrogens (tertiary/aromatic N) is 1. The summed E-state index contributed by atoms with van der Waals surface area (Å²) in [5.74, 6) is 0.132. The van der Waals surface area contributed by atoms with E-state index in [-0.39, 0.29) is 22.3 Å². The first-order chi connectivity index (χ1) is 9.44. The Labute approximate surface area is 115 Å². The molecule has 20 heavy (non-hydrogen) atoms. The van der Waals surface area contributed by atoms with Crippen LogP contribution in [0, 0.1) is 5.41 Å². The van der Waals surface area contributed by atoms with Crippen molar-refractivity contribution in [2.45, 2.75) is 5.03 Å². The number of amidine groups is 1. The molecule has 0 spiro atoms. The summed E-state index contributed by atoms with van der Waals surface area (Å²) in [7, 11) is -2.37. The van der Waals surface area contributed by atoms with Crippen LogP contribution in [0.1, 0.15) is 5.56 Å². The maximum absolute atomic E-state index is 12.0. The molecule has 9 heteroatoms. The van der Waals surface area contributed by atoms with Gasteiger partial charge >= 0.3 is 0 Å². The molecular weight excluding hydrogens is 282 g/mol. The Morgan fingerprint density at radius 2 is 2.25 bits per heavy atom. The SMILES string of the molecule is COc1cc(C(=N)N)ccc1NS(=O)(=O)c1cnc[nH]1. The van der Waals surface area contributed by atoms with Gasteiger partial charge in [-0.1, -0.05) is 0 Å². The number of nitrogens with one attached hydrogen (secondary N) is 3. The first kappa shape index (κ1) is 13.9. The molecule has 0 aliphatic heterocycles. The summed E-state index contributed by atoms with van der Waals surface area (Å²) in [6.07, 6.45) is 2.46. The van der Waals surface area contributed by atoms with E-state index < -0.39 is 10.0 Å². The minimum absolute atomic E-state index is 0.0600. The van der Waals surface area contributed by atoms with Crippen molar-refractivity contribution in [2.75, 3.05) is 11.8 Å². The molecule has 1 heterocycles. The number of aromatic amines is 1. The lowest BCUT2D eigenvalue weighted by atomic mass is 10.2. The van der Waals surface area contributed by atoms with Gasteiger partial charge in [0.1, 0.15) is 11.6 Å². The lowest BCUT2D eigenvalue weighted by molar-refractivity contribution is 0.417. The van der Waals surface area contributed by atoms with Gasteiger partial charge in [-0.2, -0.15) is 8.42 Å². The number of methoxy groups -OCH3 is 1. The molecule has 5 N–H and O–H groups in total. The van der Waals surface area contributed by atoms with Crippen LogP contribution < -0.4 is 15.2 Å². The number of aromatic nitrogens is 2. The fourth-order valence-corrected chi connectivity index (χ4v) is 2.51. The van der Waals surface area contributed by atoms with Crippen LogP contribution in [0.15, 0.2) is 35.7 Å². The highest BCUT2D eigenvalue weighted by molar-refractivity contribution is 7.92. The fraction of sp³-hybridized carbons (Fsp3) is 0.0909. The van der Waals surface area contributed by atoms with Gasteiger partial charge in [0, 0.05) is 5.56 Å². The van der Waals surface area contributed by atoms with Crippen LogP contribution >= 0.6 is 0 Å². The molecule has 106 valence electrons. The Bertz CT molecular complexity index is 725. The highest BCUT2D eigenvalue weighted by Gasteiger charge is 2.18. The van der Waals surface area contributed by atoms with Crippen LogP contribution in [0.2, 0.25) is 0 Å². The predicted octanol–water partition coefficient (Wildman–Crippen LogP) is 0.503. The number of imidazole rings is 1. The lowest BCUT2D eigenvalue weighted by Crippen LogP contribution is -2.15. The van der Waals surface area contributed by atoms with E-state index in [0.717, 1.165) is 0 Å². The van der Waals surface area contributed by atoms with Crippen molar-refractivity contribution in [2.24, 2.45) is 5.73 Å². The molecule has 0 radical (unpaired) electrons. The van der Waals surface area contributed by atoms with E-state index in [4.69, 9.17) is 15.9 Å². The highest BCUT2D eigenvalue weighted by Crippen LogP contribution is 2.27. The van der Waals surface area contributed by atoms with E-state index in [2.05, 4.69) is 14.7 Å². The first-order valence-corrected chi connectivity index (χ1v) is 6.96. The van der Waals surface area contributed by atoms with Crippen molar-refractivity contribution in [3.8, 4) is 5.75 Å². The number of hydrogen-bond donors (Lipinski definition) is 4. The summed E-state index contributed by atoms with van der Waals surface area (Å²) in [4.78, 5) is 6.17. The summed E-state index contributed by atoms with van der Waals surface area (Å²) in [5, 5.41) is 7.28. The van der Waals surface area contributed by atoms with Crippen molar-refractivity contribution < 1.29 is 13.2 Å². The summed E-state index contributed by atoms with van der Waals surface area (Å²) < 4.78 is 31.6. The third kappa shape index (κ3) is 2.72. The smallest absolute Gasteiger partial charge is 0.279 e. The van der Waals surface area contributed by atoms with Gasteiger partial charge in [0.05, 0.1) is 25.3 Å². The van der Waals surface area contributed by atoms with Gasteiger partial charge in [0.15, 0.2) is 5.03 Å². The van der Waals surface area contributed by atoms with Crippen LogP contribution in [0.3, 0.4) is 0 Å². The van der Waals surface area contributed by atoms with E-state index in [1.807, 2.05) is 0 Å². The summed E-state index contributed by atoms with van der Waals surface area (Å²) in [6.45, 7) is 0. The van der Waals surface area contributed by atoms with Crippen LogP contribution in [-0.4, -0.2) is 31.3 Å². The van der Waals surface area contributed by atoms with Crippen LogP contribution in [0.4, 0.5) is 5.69 Å². The number of rotatable bonds is 5. The molecule has 1 aromatic carbocycles. The molecule has 0 aliphatic rings. The average molecular weight is 295 g/mol. The van der Waals surface area contributed by atoms with Crippen LogP contribution in [-0.2, 0) is 10.0 Å². The molecule has 0 saturated carbocycles. The van der Waals surface area contributed by atoms with E-state index in [1.54, 1.807) is 0 Å². The zero-order valence-corrected chi connectivity index (χ0v) is 11.4. The van der Waals surface area contributed by atoms with Gasteiger partial charge in [-0.05, 0) is 18.2 Å². The topological polar surface area (TPSA) is 134 Å². The molecule has 2 aromatic rings. The molecule has 0 atom stereocenters. The van der Waals surface area contributed by atoms with Gasteiger partial charge < -0.3 is 15.5 Å². The largest absolute Gasteiger partial charge is 0.495 e. The molecule has 2 rings (SSSR count). The molecule has 0 saturated heterocycles. The third-order valence-electron chi connectivity index (χ3n) is 2.52. The number of ether oxygens (including phenoxy) is 1. The number of H-pyrrole nitrogens is 1. The number of benzene rings is 1. The quantitative estimate of drug-likeness (QED) is 0.471. The molecule has 0 aliphatic carbocycles. The standard InChI is InChI=1S/C11H13N5O3S/c1-19-9-4-7(11(12)13)2-3-8(9)16-20(17,18)10-5-14-6-15-10/h2-6,16H,1H3,(H3,12,13)(H,14,15). The Kier molecular flexibility index (Phi) is 3.61. The Hall–Kier alpha value is -2.55. The Balaban J connectivity index is 2.37. The van der Waals surface area contributed by atoms with Crippen molar-refractivity contribution in [1.82, 2.24) is 9.97 Å². The lowest BCUT2D eigenvalue weighted by Gasteiger charge is -2.12. The van der Waals surface area contributed by atoms with Crippen molar-refractivity contribution in [3.05, 3.63) is 36.3 Å². The first-order valence-electron chi connectivity index (χ1n) is 5.47. The van der Waals surface area contributed by atoms with Crippen LogP contribution in [0.25, 0.3) is 0 Å². The summed E-state index contributed by atoms with van der Waals surface area (Å²) >= 11 is 0. The molecule has 1 aromatic heterocycles. The monoisotopic (exact) mass is 295 g/mol. The predicted molar refractivity (Wildman–Crippen MR) is 73.4 cm³/mol.